The summed E-state index contributed by atoms with van der Waals surface area (Å²) in [5, 5.41) is 20.6. The molecule has 0 aromatic heterocycles. The Morgan fingerprint density at radius 2 is 0.570 bits per heavy atom. The number of nitrogens with zero attached hydrogens (tertiary/aromatic N) is 4. The minimum atomic E-state index is 0.247. The molecule has 2 N–H and O–H groups in total. The topological polar surface area (TPSA) is 57.6 Å². The Morgan fingerprint density at radius 3 is 0.886 bits per heavy atom. The SMILES string of the molecule is CC1CC(C2C(C#N)C(C3CCC(N4C5CCCCC5C5CCCCC54)CC3)C(C3CCC(N4C5CCCCC5C5CCCCC54)CC3)C(C3CCC(N4C5CCCCC5C5CCCCC54)CC3)C2C2CCNCC2)CC(C)N1. The molecule has 0 bridgehead atoms. The number of hydrogen-bond acceptors (Lipinski definition) is 6. The highest BCUT2D eigenvalue weighted by Crippen LogP contribution is 2.65. The zero-order valence-electron chi connectivity index (χ0n) is 51.2. The molecule has 15 aliphatic rings. The van der Waals surface area contributed by atoms with E-state index in [1.54, 1.807) is 12.8 Å². The van der Waals surface area contributed by atoms with Crippen molar-refractivity contribution in [1.29, 1.82) is 5.26 Å². The summed E-state index contributed by atoms with van der Waals surface area (Å²) in [6.45, 7) is 7.50. The van der Waals surface area contributed by atoms with Crippen LogP contribution in [0.4, 0.5) is 0 Å². The van der Waals surface area contributed by atoms with Crippen LogP contribution >= 0.6 is 0 Å². The molecule has 15 rings (SSSR count). The van der Waals surface area contributed by atoms with E-state index in [9.17, 15) is 5.26 Å². The molecule has 5 heterocycles. The first-order chi connectivity index (χ1) is 39.0. The van der Waals surface area contributed by atoms with Crippen molar-refractivity contribution in [2.75, 3.05) is 13.1 Å². The maximum atomic E-state index is 12.6. The van der Waals surface area contributed by atoms with Gasteiger partial charge in [0.05, 0.1) is 12.0 Å². The Morgan fingerprint density at radius 1 is 0.304 bits per heavy atom. The fourth-order valence-electron chi connectivity index (χ4n) is 27.7. The van der Waals surface area contributed by atoms with Crippen molar-refractivity contribution in [3.63, 3.8) is 0 Å². The molecular weight excluding hydrogens is 961 g/mol. The van der Waals surface area contributed by atoms with E-state index in [4.69, 9.17) is 0 Å². The molecule has 10 aliphatic carbocycles. The van der Waals surface area contributed by atoms with E-state index >= 15 is 0 Å². The van der Waals surface area contributed by atoms with Gasteiger partial charge in [0.15, 0.2) is 0 Å². The van der Waals surface area contributed by atoms with Crippen molar-refractivity contribution in [3.8, 4) is 6.07 Å². The van der Waals surface area contributed by atoms with Crippen LogP contribution in [-0.4, -0.2) is 94.2 Å². The van der Waals surface area contributed by atoms with Gasteiger partial charge in [-0.15, -0.1) is 0 Å². The molecule has 0 spiro atoms. The average molecular weight is 1080 g/mol. The molecule has 10 saturated carbocycles. The van der Waals surface area contributed by atoms with Crippen molar-refractivity contribution in [1.82, 2.24) is 25.3 Å². The maximum absolute atomic E-state index is 12.6. The van der Waals surface area contributed by atoms with E-state index < -0.39 is 0 Å². The van der Waals surface area contributed by atoms with Crippen LogP contribution in [0.25, 0.3) is 0 Å². The van der Waals surface area contributed by atoms with Gasteiger partial charge in [-0.1, -0.05) is 77.0 Å². The summed E-state index contributed by atoms with van der Waals surface area (Å²) < 4.78 is 0. The zero-order valence-corrected chi connectivity index (χ0v) is 51.2. The van der Waals surface area contributed by atoms with Gasteiger partial charge in [-0.05, 0) is 301 Å². The molecule has 442 valence electrons. The molecule has 20 atom stereocenters. The predicted octanol–water partition coefficient (Wildman–Crippen LogP) is 16.0. The lowest BCUT2D eigenvalue weighted by molar-refractivity contribution is -0.140. The minimum absolute atomic E-state index is 0.247. The normalized spacial score (nSPS) is 53.2. The molecule has 5 aliphatic heterocycles. The number of nitriles is 1. The summed E-state index contributed by atoms with van der Waals surface area (Å²) in [6, 6.07) is 12.6. The predicted molar refractivity (Wildman–Crippen MR) is 324 cm³/mol. The Bertz CT molecular complexity index is 1960. The summed E-state index contributed by atoms with van der Waals surface area (Å²) in [4.78, 5) is 10.0. The molecule has 0 radical (unpaired) electrons. The summed E-state index contributed by atoms with van der Waals surface area (Å²) in [5.74, 6) is 13.8. The van der Waals surface area contributed by atoms with E-state index in [0.29, 0.717) is 29.8 Å². The molecular formula is C73H120N6. The molecule has 6 nitrogen and oxygen atoms in total. The lowest BCUT2D eigenvalue weighted by Crippen LogP contribution is -2.60. The van der Waals surface area contributed by atoms with Crippen LogP contribution in [0.5, 0.6) is 0 Å². The number of likely N-dealkylation sites (tertiary alicyclic amines) is 3. The lowest BCUT2D eigenvalue weighted by atomic mass is 9.42. The molecule has 20 unspecified atom stereocenters. The quantitative estimate of drug-likeness (QED) is 0.253. The lowest BCUT2D eigenvalue weighted by Gasteiger charge is -2.62. The maximum Gasteiger partial charge on any atom is 0.0662 e. The first-order valence-electron chi connectivity index (χ1n) is 37.2. The zero-order chi connectivity index (χ0) is 52.7. The van der Waals surface area contributed by atoms with Gasteiger partial charge < -0.3 is 10.6 Å². The van der Waals surface area contributed by atoms with Crippen LogP contribution in [0.3, 0.4) is 0 Å². The highest BCUT2D eigenvalue weighted by Gasteiger charge is 2.63. The Labute approximate surface area is 485 Å². The van der Waals surface area contributed by atoms with E-state index in [-0.39, 0.29) is 5.92 Å². The Balaban J connectivity index is 0.787. The van der Waals surface area contributed by atoms with Crippen molar-refractivity contribution >= 4 is 0 Å². The number of hydrogen-bond donors (Lipinski definition) is 2. The average Bonchev–Trinajstić information content (AvgIpc) is 4.32. The summed E-state index contributed by atoms with van der Waals surface area (Å²) in [7, 11) is 0. The smallest absolute Gasteiger partial charge is 0.0662 e. The van der Waals surface area contributed by atoms with Gasteiger partial charge in [-0.3, -0.25) is 14.7 Å². The largest absolute Gasteiger partial charge is 0.317 e. The van der Waals surface area contributed by atoms with Crippen LogP contribution in [-0.2, 0) is 0 Å². The minimum Gasteiger partial charge on any atom is -0.317 e. The van der Waals surface area contributed by atoms with Gasteiger partial charge in [0, 0.05) is 66.5 Å². The third-order valence-corrected chi connectivity index (χ3v) is 29.9. The fourth-order valence-corrected chi connectivity index (χ4v) is 27.7. The fraction of sp³-hybridized carbons (Fsp3) is 0.986. The van der Waals surface area contributed by atoms with Gasteiger partial charge in [0.1, 0.15) is 0 Å². The van der Waals surface area contributed by atoms with E-state index in [1.165, 1.54) is 257 Å². The van der Waals surface area contributed by atoms with Crippen molar-refractivity contribution in [3.05, 3.63) is 0 Å². The van der Waals surface area contributed by atoms with Crippen LogP contribution in [0, 0.1) is 112 Å². The third-order valence-electron chi connectivity index (χ3n) is 29.9. The highest BCUT2D eigenvalue weighted by molar-refractivity contribution is 5.15. The van der Waals surface area contributed by atoms with E-state index in [0.717, 1.165) is 131 Å². The Kier molecular flexibility index (Phi) is 16.6. The van der Waals surface area contributed by atoms with Crippen LogP contribution < -0.4 is 10.6 Å². The van der Waals surface area contributed by atoms with Crippen LogP contribution in [0.2, 0.25) is 0 Å². The molecule has 6 heteroatoms. The monoisotopic (exact) mass is 1080 g/mol. The molecule has 0 aromatic rings. The van der Waals surface area contributed by atoms with E-state index in [2.05, 4.69) is 45.3 Å². The number of rotatable bonds is 8. The van der Waals surface area contributed by atoms with Gasteiger partial charge in [0.25, 0.3) is 0 Å². The van der Waals surface area contributed by atoms with Gasteiger partial charge in [-0.2, -0.15) is 5.26 Å². The van der Waals surface area contributed by atoms with Gasteiger partial charge in [-0.25, -0.2) is 0 Å². The van der Waals surface area contributed by atoms with Crippen molar-refractivity contribution < 1.29 is 0 Å². The first-order valence-corrected chi connectivity index (χ1v) is 37.2. The molecule has 0 aromatic carbocycles. The molecule has 5 saturated heterocycles. The summed E-state index contributed by atoms with van der Waals surface area (Å²) in [6.07, 6.45) is 59.3. The number of fused-ring (bicyclic) bond motifs is 9. The van der Waals surface area contributed by atoms with Gasteiger partial charge in [0.2, 0.25) is 0 Å². The van der Waals surface area contributed by atoms with Gasteiger partial charge >= 0.3 is 0 Å². The molecule has 0 amide bonds. The Hall–Kier alpha value is -0.710. The van der Waals surface area contributed by atoms with Crippen LogP contribution in [0.1, 0.15) is 271 Å². The van der Waals surface area contributed by atoms with E-state index in [1.807, 2.05) is 0 Å². The number of piperidine rings is 2. The second-order valence-electron chi connectivity index (χ2n) is 33.0. The second kappa shape index (κ2) is 23.9. The molecule has 79 heavy (non-hydrogen) atoms. The standard InChI is InChI=1S/C73H120N6/c1-46-43-52(44-47(2)76-46)70-62(45-74)69(48-27-33-53(34-28-48)77-63-21-9-3-15-56(63)57-16-4-10-22-64(57)77)71(49-29-35-54(36-30-49)78-65-23-11-5-17-58(65)59-18-6-12-24-66(59)78)73(72(70)51-39-41-75-42-40-51)50-31-37-55(38-32-50)79-67-25-13-7-19-60(67)61-20-8-14-26-68(61)79/h46-73,75-76H,3-44H2,1-2H3. The summed E-state index contributed by atoms with van der Waals surface area (Å²) in [5.41, 5.74) is 0. The van der Waals surface area contributed by atoms with Crippen molar-refractivity contribution in [2.24, 2.45) is 101 Å². The first kappa shape index (κ1) is 54.9. The third kappa shape index (κ3) is 10.0. The summed E-state index contributed by atoms with van der Waals surface area (Å²) >= 11 is 0. The molecule has 15 fully saturated rings. The van der Waals surface area contributed by atoms with Crippen LogP contribution in [0.15, 0.2) is 0 Å². The second-order valence-corrected chi connectivity index (χ2v) is 33.0. The van der Waals surface area contributed by atoms with Crippen molar-refractivity contribution in [2.45, 2.75) is 337 Å². The number of nitrogens with one attached hydrogen (secondary N) is 2. The highest BCUT2D eigenvalue weighted by atomic mass is 15.3.